The molecule has 5 nitrogen and oxygen atoms in total. The third kappa shape index (κ3) is 3.58. The zero-order valence-corrected chi connectivity index (χ0v) is 12.3. The molecule has 0 aliphatic carbocycles. The van der Waals surface area contributed by atoms with E-state index in [-0.39, 0.29) is 16.2 Å². The number of thioether (sulfide) groups is 1. The van der Waals surface area contributed by atoms with E-state index in [1.807, 2.05) is 0 Å². The van der Waals surface area contributed by atoms with Crippen molar-refractivity contribution in [2.75, 3.05) is 13.2 Å². The van der Waals surface area contributed by atoms with Crippen molar-refractivity contribution in [1.82, 2.24) is 19.7 Å². The first-order chi connectivity index (χ1) is 10.5. The van der Waals surface area contributed by atoms with Crippen molar-refractivity contribution < 1.29 is 17.9 Å². The largest absolute Gasteiger partial charge is 0.406 e. The second kappa shape index (κ2) is 6.25. The zero-order valence-electron chi connectivity index (χ0n) is 11.5. The van der Waals surface area contributed by atoms with Gasteiger partial charge >= 0.3 is 6.18 Å². The predicted octanol–water partition coefficient (Wildman–Crippen LogP) is 2.78. The van der Waals surface area contributed by atoms with Crippen LogP contribution in [-0.2, 0) is 11.3 Å². The molecule has 1 saturated heterocycles. The molecular formula is C13H13F3N4OS. The van der Waals surface area contributed by atoms with Gasteiger partial charge in [0.05, 0.1) is 6.61 Å². The Bertz CT molecular complexity index is 626. The van der Waals surface area contributed by atoms with Gasteiger partial charge in [-0.1, -0.05) is 11.8 Å². The lowest BCUT2D eigenvalue weighted by Crippen LogP contribution is -2.19. The van der Waals surface area contributed by atoms with Crippen LogP contribution in [-0.4, -0.2) is 44.4 Å². The highest BCUT2D eigenvalue weighted by atomic mass is 32.2. The second-order valence-electron chi connectivity index (χ2n) is 4.85. The summed E-state index contributed by atoms with van der Waals surface area (Å²) < 4.78 is 45.0. The molecule has 3 heterocycles. The minimum atomic E-state index is -4.34. The predicted molar refractivity (Wildman–Crippen MR) is 74.4 cm³/mol. The first-order valence-corrected chi connectivity index (χ1v) is 7.55. The number of alkyl halides is 3. The number of rotatable bonds is 4. The fourth-order valence-corrected chi connectivity index (χ4v) is 3.21. The molecule has 0 saturated carbocycles. The van der Waals surface area contributed by atoms with Gasteiger partial charge in [0.25, 0.3) is 0 Å². The van der Waals surface area contributed by atoms with E-state index in [4.69, 9.17) is 4.74 Å². The van der Waals surface area contributed by atoms with Crippen LogP contribution < -0.4 is 0 Å². The summed E-state index contributed by atoms with van der Waals surface area (Å²) in [6, 6.07) is 3.23. The standard InChI is InChI=1S/C13H13F3N4OS/c14-13(15,16)8-20-11(9-1-4-17-5-2-9)18-19-12(20)22-10-3-6-21-7-10/h1-2,4-5,10H,3,6-8H2/t10-/m1/s1. The van der Waals surface area contributed by atoms with Gasteiger partial charge < -0.3 is 4.74 Å². The van der Waals surface area contributed by atoms with Gasteiger partial charge in [-0.15, -0.1) is 10.2 Å². The molecule has 0 bridgehead atoms. The van der Waals surface area contributed by atoms with Crippen molar-refractivity contribution in [3.63, 3.8) is 0 Å². The smallest absolute Gasteiger partial charge is 0.380 e. The summed E-state index contributed by atoms with van der Waals surface area (Å²) in [7, 11) is 0. The topological polar surface area (TPSA) is 52.8 Å². The maximum Gasteiger partial charge on any atom is 0.406 e. The van der Waals surface area contributed by atoms with Crippen molar-refractivity contribution in [1.29, 1.82) is 0 Å². The van der Waals surface area contributed by atoms with E-state index >= 15 is 0 Å². The first kappa shape index (κ1) is 15.3. The Balaban J connectivity index is 1.93. The van der Waals surface area contributed by atoms with Crippen LogP contribution in [0.4, 0.5) is 13.2 Å². The zero-order chi connectivity index (χ0) is 15.6. The number of nitrogens with zero attached hydrogens (tertiary/aromatic N) is 4. The normalized spacial score (nSPS) is 18.8. The molecule has 1 aliphatic rings. The molecule has 0 radical (unpaired) electrons. The Morgan fingerprint density at radius 3 is 2.68 bits per heavy atom. The minimum absolute atomic E-state index is 0.112. The fourth-order valence-electron chi connectivity index (χ4n) is 2.17. The van der Waals surface area contributed by atoms with E-state index in [1.165, 1.54) is 24.2 Å². The molecule has 0 aromatic carbocycles. The highest BCUT2D eigenvalue weighted by Crippen LogP contribution is 2.32. The number of halogens is 3. The molecular weight excluding hydrogens is 317 g/mol. The molecule has 2 aromatic rings. The number of hydrogen-bond donors (Lipinski definition) is 0. The molecule has 1 aliphatic heterocycles. The van der Waals surface area contributed by atoms with Crippen molar-refractivity contribution >= 4 is 11.8 Å². The molecule has 1 atom stereocenters. The lowest BCUT2D eigenvalue weighted by molar-refractivity contribution is -0.141. The maximum atomic E-state index is 12.9. The Labute approximate surface area is 128 Å². The van der Waals surface area contributed by atoms with E-state index in [0.717, 1.165) is 11.0 Å². The van der Waals surface area contributed by atoms with Gasteiger partial charge in [0.15, 0.2) is 11.0 Å². The van der Waals surface area contributed by atoms with Crippen LogP contribution in [0.2, 0.25) is 0 Å². The van der Waals surface area contributed by atoms with Crippen LogP contribution in [0.15, 0.2) is 29.7 Å². The molecule has 3 rings (SSSR count). The molecule has 0 spiro atoms. The minimum Gasteiger partial charge on any atom is -0.380 e. The Morgan fingerprint density at radius 1 is 1.27 bits per heavy atom. The summed E-state index contributed by atoms with van der Waals surface area (Å²) in [5.41, 5.74) is 0.557. The fraction of sp³-hybridized carbons (Fsp3) is 0.462. The summed E-state index contributed by atoms with van der Waals surface area (Å²) in [6.45, 7) is 0.0317. The monoisotopic (exact) mass is 330 g/mol. The maximum absolute atomic E-state index is 12.9. The van der Waals surface area contributed by atoms with Crippen LogP contribution in [0.3, 0.4) is 0 Å². The summed E-state index contributed by atoms with van der Waals surface area (Å²) in [5, 5.41) is 8.25. The first-order valence-electron chi connectivity index (χ1n) is 6.68. The van der Waals surface area contributed by atoms with Gasteiger partial charge in [-0.25, -0.2) is 0 Å². The third-order valence-electron chi connectivity index (χ3n) is 3.15. The van der Waals surface area contributed by atoms with Gasteiger partial charge in [-0.2, -0.15) is 13.2 Å². The molecule has 22 heavy (non-hydrogen) atoms. The quantitative estimate of drug-likeness (QED) is 0.863. The summed E-state index contributed by atoms with van der Waals surface area (Å²) in [4.78, 5) is 3.86. The number of ether oxygens (including phenoxy) is 1. The third-order valence-corrected chi connectivity index (χ3v) is 4.37. The van der Waals surface area contributed by atoms with Crippen LogP contribution in [0.1, 0.15) is 6.42 Å². The lowest BCUT2D eigenvalue weighted by atomic mass is 10.2. The van der Waals surface area contributed by atoms with Crippen molar-refractivity contribution in [3.05, 3.63) is 24.5 Å². The Kier molecular flexibility index (Phi) is 4.34. The van der Waals surface area contributed by atoms with Crippen LogP contribution in [0.25, 0.3) is 11.4 Å². The van der Waals surface area contributed by atoms with Gasteiger partial charge in [0.2, 0.25) is 0 Å². The summed E-state index contributed by atoms with van der Waals surface area (Å²) >= 11 is 1.28. The molecule has 118 valence electrons. The van der Waals surface area contributed by atoms with Crippen molar-refractivity contribution in [3.8, 4) is 11.4 Å². The molecule has 0 amide bonds. The van der Waals surface area contributed by atoms with Gasteiger partial charge in [0.1, 0.15) is 6.54 Å². The highest BCUT2D eigenvalue weighted by Gasteiger charge is 2.32. The average Bonchev–Trinajstić information content (AvgIpc) is 3.10. The Hall–Kier alpha value is -1.61. The van der Waals surface area contributed by atoms with Crippen molar-refractivity contribution in [2.24, 2.45) is 0 Å². The van der Waals surface area contributed by atoms with E-state index in [9.17, 15) is 13.2 Å². The van der Waals surface area contributed by atoms with Crippen molar-refractivity contribution in [2.45, 2.75) is 29.5 Å². The van der Waals surface area contributed by atoms with Gasteiger partial charge in [-0.05, 0) is 18.6 Å². The van der Waals surface area contributed by atoms with Crippen LogP contribution in [0, 0.1) is 0 Å². The average molecular weight is 330 g/mol. The second-order valence-corrected chi connectivity index (χ2v) is 6.11. The van der Waals surface area contributed by atoms with E-state index < -0.39 is 12.7 Å². The lowest BCUT2D eigenvalue weighted by Gasteiger charge is -2.13. The summed E-state index contributed by atoms with van der Waals surface area (Å²) in [6.07, 6.45) is -0.515. The molecule has 0 unspecified atom stereocenters. The molecule has 9 heteroatoms. The van der Waals surface area contributed by atoms with E-state index in [1.54, 1.807) is 12.1 Å². The number of pyridine rings is 1. The summed E-state index contributed by atoms with van der Waals surface area (Å²) in [5.74, 6) is 0.196. The van der Waals surface area contributed by atoms with Gasteiger partial charge in [-0.3, -0.25) is 9.55 Å². The Morgan fingerprint density at radius 2 is 2.05 bits per heavy atom. The van der Waals surface area contributed by atoms with Gasteiger partial charge in [0, 0.05) is 29.8 Å². The van der Waals surface area contributed by atoms with Crippen LogP contribution >= 0.6 is 11.8 Å². The number of aromatic nitrogens is 4. The van der Waals surface area contributed by atoms with E-state index in [0.29, 0.717) is 18.8 Å². The SMILES string of the molecule is FC(F)(F)Cn1c(S[C@@H]2CCOC2)nnc1-c1ccncc1. The van der Waals surface area contributed by atoms with Crippen LogP contribution in [0.5, 0.6) is 0 Å². The molecule has 1 fully saturated rings. The molecule has 2 aromatic heterocycles. The molecule has 0 N–H and O–H groups in total. The highest BCUT2D eigenvalue weighted by molar-refractivity contribution is 7.99. The van der Waals surface area contributed by atoms with E-state index in [2.05, 4.69) is 15.2 Å². The number of hydrogen-bond acceptors (Lipinski definition) is 5.